The smallest absolute Gasteiger partial charge is 0.407 e. The Morgan fingerprint density at radius 2 is 1.48 bits per heavy atom. The Hall–Kier alpha value is -2.85. The van der Waals surface area contributed by atoms with Gasteiger partial charge in [-0.2, -0.15) is 0 Å². The Bertz CT molecular complexity index is 681. The predicted molar refractivity (Wildman–Crippen MR) is 107 cm³/mol. The van der Waals surface area contributed by atoms with Crippen LogP contribution in [-0.4, -0.2) is 67.4 Å². The van der Waals surface area contributed by atoms with Gasteiger partial charge in [0.05, 0.1) is 19.8 Å². The van der Waals surface area contributed by atoms with Gasteiger partial charge < -0.3 is 29.6 Å². The third kappa shape index (κ3) is 6.31. The fourth-order valence-electron chi connectivity index (χ4n) is 3.31. The van der Waals surface area contributed by atoms with Gasteiger partial charge in [-0.15, -0.1) is 0 Å². The summed E-state index contributed by atoms with van der Waals surface area (Å²) in [5, 5.41) is 4.82. The molecule has 0 aromatic rings. The van der Waals surface area contributed by atoms with Gasteiger partial charge in [0.25, 0.3) is 0 Å². The molecule has 0 saturated carbocycles. The van der Waals surface area contributed by atoms with Crippen molar-refractivity contribution in [2.45, 2.75) is 59.1 Å². The minimum Gasteiger partial charge on any atom is -0.465 e. The zero-order valence-corrected chi connectivity index (χ0v) is 18.9. The van der Waals surface area contributed by atoms with Crippen LogP contribution in [0.1, 0.15) is 48.0 Å². The lowest BCUT2D eigenvalue weighted by Gasteiger charge is -2.31. The van der Waals surface area contributed by atoms with Gasteiger partial charge in [-0.05, 0) is 48.0 Å². The molecule has 1 heterocycles. The molecule has 1 fully saturated rings. The van der Waals surface area contributed by atoms with Gasteiger partial charge in [0.15, 0.2) is 0 Å². The highest BCUT2D eigenvalue weighted by molar-refractivity contribution is 6.14. The fraction of sp³-hybridized carbons (Fsp3) is 0.750. The number of nitrogens with one attached hydrogen (secondary N) is 2. The van der Waals surface area contributed by atoms with Crippen LogP contribution in [0.3, 0.4) is 0 Å². The lowest BCUT2D eigenvalue weighted by molar-refractivity contribution is -0.169. The second-order valence-electron chi connectivity index (χ2n) is 7.79. The van der Waals surface area contributed by atoms with E-state index in [1.165, 1.54) is 13.8 Å². The molecule has 0 aliphatic carbocycles. The minimum atomic E-state index is -2.24. The number of rotatable bonds is 9. The van der Waals surface area contributed by atoms with Crippen molar-refractivity contribution in [1.29, 1.82) is 0 Å². The number of amides is 2. The first-order valence-electron chi connectivity index (χ1n) is 10.2. The van der Waals surface area contributed by atoms with Crippen LogP contribution in [0.4, 0.5) is 4.79 Å². The van der Waals surface area contributed by atoms with Gasteiger partial charge in [-0.1, -0.05) is 0 Å². The molecule has 0 aromatic heterocycles. The average Bonchev–Trinajstić information content (AvgIpc) is 2.94. The summed E-state index contributed by atoms with van der Waals surface area (Å²) in [6, 6.07) is 0. The van der Waals surface area contributed by atoms with Gasteiger partial charge in [0.1, 0.15) is 11.5 Å². The van der Waals surface area contributed by atoms with Crippen molar-refractivity contribution in [3.8, 4) is 0 Å². The molecule has 2 N–H and O–H groups in total. The van der Waals surface area contributed by atoms with Crippen LogP contribution < -0.4 is 10.6 Å². The van der Waals surface area contributed by atoms with E-state index in [0.717, 1.165) is 0 Å². The average molecular weight is 444 g/mol. The van der Waals surface area contributed by atoms with Crippen LogP contribution >= 0.6 is 0 Å². The number of hydrogen-bond donors (Lipinski definition) is 2. The minimum absolute atomic E-state index is 0.00267. The zero-order valence-electron chi connectivity index (χ0n) is 18.9. The van der Waals surface area contributed by atoms with E-state index < -0.39 is 52.9 Å². The summed E-state index contributed by atoms with van der Waals surface area (Å²) in [5.74, 6) is -6.52. The van der Waals surface area contributed by atoms with Crippen molar-refractivity contribution in [3.05, 3.63) is 0 Å². The topological polar surface area (TPSA) is 146 Å². The van der Waals surface area contributed by atoms with Crippen molar-refractivity contribution in [3.63, 3.8) is 0 Å². The molecule has 0 radical (unpaired) electrons. The van der Waals surface area contributed by atoms with Crippen molar-refractivity contribution in [2.24, 2.45) is 11.8 Å². The van der Waals surface area contributed by atoms with E-state index in [9.17, 15) is 24.0 Å². The van der Waals surface area contributed by atoms with Gasteiger partial charge in [0, 0.05) is 12.5 Å². The van der Waals surface area contributed by atoms with Crippen LogP contribution in [-0.2, 0) is 38.1 Å². The van der Waals surface area contributed by atoms with E-state index in [1.54, 1.807) is 27.7 Å². The summed E-state index contributed by atoms with van der Waals surface area (Å²) < 4.78 is 20.2. The molecule has 2 atom stereocenters. The Morgan fingerprint density at radius 3 is 1.94 bits per heavy atom. The highest BCUT2D eigenvalue weighted by atomic mass is 16.6. The van der Waals surface area contributed by atoms with E-state index in [2.05, 4.69) is 10.6 Å². The summed E-state index contributed by atoms with van der Waals surface area (Å²) in [4.78, 5) is 62.8. The van der Waals surface area contributed by atoms with Crippen LogP contribution in [0.2, 0.25) is 0 Å². The van der Waals surface area contributed by atoms with Gasteiger partial charge >= 0.3 is 24.0 Å². The molecule has 176 valence electrons. The van der Waals surface area contributed by atoms with Gasteiger partial charge in [0.2, 0.25) is 11.4 Å². The third-order valence-electron chi connectivity index (χ3n) is 4.42. The largest absolute Gasteiger partial charge is 0.465 e. The lowest BCUT2D eigenvalue weighted by atomic mass is 9.77. The number of carbonyl (C=O) groups excluding carboxylic acids is 5. The summed E-state index contributed by atoms with van der Waals surface area (Å²) in [6.07, 6.45) is -0.839. The van der Waals surface area contributed by atoms with Crippen molar-refractivity contribution in [1.82, 2.24) is 10.6 Å². The van der Waals surface area contributed by atoms with E-state index in [1.807, 2.05) is 0 Å². The molecule has 0 aromatic carbocycles. The van der Waals surface area contributed by atoms with Crippen molar-refractivity contribution < 1.29 is 42.9 Å². The van der Waals surface area contributed by atoms with E-state index in [0.29, 0.717) is 0 Å². The molecule has 11 nitrogen and oxygen atoms in total. The highest BCUT2D eigenvalue weighted by Crippen LogP contribution is 2.38. The summed E-state index contributed by atoms with van der Waals surface area (Å²) in [6.45, 7) is 9.48. The molecule has 31 heavy (non-hydrogen) atoms. The third-order valence-corrected chi connectivity index (χ3v) is 4.42. The lowest BCUT2D eigenvalue weighted by Crippen LogP contribution is -2.61. The molecular formula is C20H32N2O9. The van der Waals surface area contributed by atoms with Crippen LogP contribution in [0.5, 0.6) is 0 Å². The summed E-state index contributed by atoms with van der Waals surface area (Å²) in [5.41, 5.74) is -2.97. The molecule has 0 spiro atoms. The molecule has 1 aliphatic rings. The maximum absolute atomic E-state index is 12.8. The number of ether oxygens (including phenoxy) is 4. The molecule has 11 heteroatoms. The molecule has 1 aliphatic heterocycles. The van der Waals surface area contributed by atoms with Gasteiger partial charge in [-0.3, -0.25) is 9.59 Å². The SMILES string of the molecule is CCOC(=O)[C@H]1C(=O)NC(C(=O)OCC)(C(=O)OCC)[C@@H]1CCNC(=O)OC(C)(C)C. The fourth-order valence-corrected chi connectivity index (χ4v) is 3.31. The van der Waals surface area contributed by atoms with Gasteiger partial charge in [-0.25, -0.2) is 14.4 Å². The zero-order chi connectivity index (χ0) is 23.8. The molecule has 1 saturated heterocycles. The quantitative estimate of drug-likeness (QED) is 0.298. The number of carbonyl (C=O) groups is 5. The molecule has 0 bridgehead atoms. The van der Waals surface area contributed by atoms with E-state index in [-0.39, 0.29) is 32.8 Å². The monoisotopic (exact) mass is 444 g/mol. The Balaban J connectivity index is 3.27. The highest BCUT2D eigenvalue weighted by Gasteiger charge is 2.66. The van der Waals surface area contributed by atoms with Crippen LogP contribution in [0.15, 0.2) is 0 Å². The Kier molecular flexibility index (Phi) is 9.26. The van der Waals surface area contributed by atoms with Crippen molar-refractivity contribution >= 4 is 29.9 Å². The molecule has 0 unspecified atom stereocenters. The van der Waals surface area contributed by atoms with Crippen LogP contribution in [0, 0.1) is 11.8 Å². The number of esters is 3. The first kappa shape index (κ1) is 26.2. The number of hydrogen-bond acceptors (Lipinski definition) is 9. The van der Waals surface area contributed by atoms with Crippen LogP contribution in [0.25, 0.3) is 0 Å². The predicted octanol–water partition coefficient (Wildman–Crippen LogP) is 0.692. The second kappa shape index (κ2) is 11.0. The molecule has 2 amide bonds. The second-order valence-corrected chi connectivity index (χ2v) is 7.79. The molecular weight excluding hydrogens is 412 g/mol. The Morgan fingerprint density at radius 1 is 0.968 bits per heavy atom. The maximum atomic E-state index is 12.8. The first-order chi connectivity index (χ1) is 14.4. The van der Waals surface area contributed by atoms with E-state index in [4.69, 9.17) is 18.9 Å². The molecule has 1 rings (SSSR count). The first-order valence-corrected chi connectivity index (χ1v) is 10.2. The van der Waals surface area contributed by atoms with Crippen molar-refractivity contribution in [2.75, 3.05) is 26.4 Å². The number of alkyl carbamates (subject to hydrolysis) is 1. The van der Waals surface area contributed by atoms with E-state index >= 15 is 0 Å². The summed E-state index contributed by atoms with van der Waals surface area (Å²) in [7, 11) is 0. The summed E-state index contributed by atoms with van der Waals surface area (Å²) >= 11 is 0. The standard InChI is InChI=1S/C20H32N2O9/c1-7-28-15(24)13-12(10-11-21-18(27)31-19(4,5)6)20(22-14(13)23,16(25)29-8-2)17(26)30-9-3/h12-13H,7-11H2,1-6H3,(H,21,27)(H,22,23)/t12-,13-/m1/s1. The Labute approximate surface area is 181 Å². The normalized spacial score (nSPS) is 19.7. The maximum Gasteiger partial charge on any atom is 0.407 e.